The molecule has 0 saturated heterocycles. The monoisotopic (exact) mass is 246 g/mol. The Balaban J connectivity index is 2.62. The Bertz CT molecular complexity index is 391. The Morgan fingerprint density at radius 3 is 2.47 bits per heavy atom. The van der Waals surface area contributed by atoms with E-state index >= 15 is 0 Å². The third-order valence-electron chi connectivity index (χ3n) is 2.05. The lowest BCUT2D eigenvalue weighted by molar-refractivity contribution is -0.137. The van der Waals surface area contributed by atoms with Crippen LogP contribution < -0.4 is 10.6 Å². The number of benzene rings is 1. The number of para-hydroxylation sites is 1. The zero-order chi connectivity index (χ0) is 12.9. The lowest BCUT2D eigenvalue weighted by Gasteiger charge is -2.14. The van der Waals surface area contributed by atoms with Crippen molar-refractivity contribution in [3.05, 3.63) is 29.8 Å². The zero-order valence-corrected chi connectivity index (χ0v) is 9.27. The van der Waals surface area contributed by atoms with Crippen LogP contribution in [-0.4, -0.2) is 19.0 Å². The summed E-state index contributed by atoms with van der Waals surface area (Å²) in [6.07, 6.45) is -4.38. The number of rotatable bonds is 4. The molecule has 3 nitrogen and oxygen atoms in total. The summed E-state index contributed by atoms with van der Waals surface area (Å²) in [5.41, 5.74) is -0.687. The predicted molar refractivity (Wildman–Crippen MR) is 58.6 cm³/mol. The molecular weight excluding hydrogens is 233 g/mol. The van der Waals surface area contributed by atoms with Crippen molar-refractivity contribution in [2.45, 2.75) is 13.1 Å². The number of alkyl halides is 3. The van der Waals surface area contributed by atoms with Crippen molar-refractivity contribution in [2.75, 3.05) is 18.4 Å². The normalized spacial score (nSPS) is 11.1. The van der Waals surface area contributed by atoms with Gasteiger partial charge >= 0.3 is 6.18 Å². The highest BCUT2D eigenvalue weighted by atomic mass is 19.4. The number of amides is 1. The van der Waals surface area contributed by atoms with E-state index in [0.29, 0.717) is 0 Å². The van der Waals surface area contributed by atoms with Crippen LogP contribution in [0.4, 0.5) is 18.9 Å². The molecule has 0 heterocycles. The summed E-state index contributed by atoms with van der Waals surface area (Å²) in [5, 5.41) is 5.13. The summed E-state index contributed by atoms with van der Waals surface area (Å²) in [6, 6.07) is 5.23. The fraction of sp³-hybridized carbons (Fsp3) is 0.364. The van der Waals surface area contributed by atoms with Crippen LogP contribution in [0.2, 0.25) is 0 Å². The summed E-state index contributed by atoms with van der Waals surface area (Å²) in [6.45, 7) is 1.87. The van der Waals surface area contributed by atoms with E-state index in [9.17, 15) is 18.0 Å². The van der Waals surface area contributed by atoms with E-state index in [4.69, 9.17) is 0 Å². The minimum atomic E-state index is -4.38. The molecule has 0 aliphatic carbocycles. The van der Waals surface area contributed by atoms with Crippen LogP contribution >= 0.6 is 0 Å². The SMILES string of the molecule is CC(=O)NCCNc1ccccc1C(F)(F)F. The molecule has 0 fully saturated rings. The summed E-state index contributed by atoms with van der Waals surface area (Å²) >= 11 is 0. The van der Waals surface area contributed by atoms with Gasteiger partial charge in [-0.05, 0) is 12.1 Å². The molecule has 0 radical (unpaired) electrons. The van der Waals surface area contributed by atoms with Crippen molar-refractivity contribution in [3.63, 3.8) is 0 Å². The number of anilines is 1. The summed E-state index contributed by atoms with van der Waals surface area (Å²) < 4.78 is 37.7. The first-order valence-corrected chi connectivity index (χ1v) is 5.06. The van der Waals surface area contributed by atoms with E-state index in [2.05, 4.69) is 10.6 Å². The molecule has 1 aromatic carbocycles. The molecule has 94 valence electrons. The topological polar surface area (TPSA) is 41.1 Å². The number of nitrogens with one attached hydrogen (secondary N) is 2. The fourth-order valence-electron chi connectivity index (χ4n) is 1.32. The lowest BCUT2D eigenvalue weighted by Crippen LogP contribution is -2.26. The van der Waals surface area contributed by atoms with Crippen molar-refractivity contribution in [2.24, 2.45) is 0 Å². The van der Waals surface area contributed by atoms with Crippen LogP contribution in [0.1, 0.15) is 12.5 Å². The first-order valence-electron chi connectivity index (χ1n) is 5.06. The van der Waals surface area contributed by atoms with Gasteiger partial charge in [0.1, 0.15) is 0 Å². The molecule has 0 atom stereocenters. The zero-order valence-electron chi connectivity index (χ0n) is 9.27. The van der Waals surface area contributed by atoms with E-state index in [0.717, 1.165) is 6.07 Å². The second kappa shape index (κ2) is 5.56. The molecule has 0 saturated carbocycles. The second-order valence-corrected chi connectivity index (χ2v) is 3.45. The minimum Gasteiger partial charge on any atom is -0.383 e. The number of carbonyl (C=O) groups excluding carboxylic acids is 1. The number of hydrogen-bond acceptors (Lipinski definition) is 2. The molecule has 0 aliphatic heterocycles. The highest BCUT2D eigenvalue weighted by Gasteiger charge is 2.32. The highest BCUT2D eigenvalue weighted by Crippen LogP contribution is 2.34. The van der Waals surface area contributed by atoms with E-state index in [1.165, 1.54) is 25.1 Å². The minimum absolute atomic E-state index is 0.0188. The number of halogens is 3. The average molecular weight is 246 g/mol. The van der Waals surface area contributed by atoms with Crippen LogP contribution in [0.25, 0.3) is 0 Å². The van der Waals surface area contributed by atoms with Gasteiger partial charge in [-0.25, -0.2) is 0 Å². The molecule has 2 N–H and O–H groups in total. The van der Waals surface area contributed by atoms with Gasteiger partial charge in [-0.2, -0.15) is 13.2 Å². The van der Waals surface area contributed by atoms with Gasteiger partial charge in [-0.3, -0.25) is 4.79 Å². The molecule has 1 rings (SSSR count). The molecule has 1 aromatic rings. The molecule has 1 amide bonds. The molecular formula is C11H13F3N2O. The van der Waals surface area contributed by atoms with E-state index in [-0.39, 0.29) is 24.7 Å². The van der Waals surface area contributed by atoms with Gasteiger partial charge in [0.2, 0.25) is 5.91 Å². The van der Waals surface area contributed by atoms with E-state index < -0.39 is 11.7 Å². The predicted octanol–water partition coefficient (Wildman–Crippen LogP) is 2.25. The third-order valence-corrected chi connectivity index (χ3v) is 2.05. The maximum Gasteiger partial charge on any atom is 0.418 e. The van der Waals surface area contributed by atoms with Gasteiger partial charge in [-0.15, -0.1) is 0 Å². The molecule has 6 heteroatoms. The van der Waals surface area contributed by atoms with Crippen LogP contribution in [0.15, 0.2) is 24.3 Å². The quantitative estimate of drug-likeness (QED) is 0.800. The Kier molecular flexibility index (Phi) is 4.37. The van der Waals surface area contributed by atoms with E-state index in [1.54, 1.807) is 0 Å². The van der Waals surface area contributed by atoms with Crippen LogP contribution in [0.5, 0.6) is 0 Å². The van der Waals surface area contributed by atoms with Gasteiger partial charge in [-0.1, -0.05) is 12.1 Å². The van der Waals surface area contributed by atoms with Crippen molar-refractivity contribution in [1.82, 2.24) is 5.32 Å². The third kappa shape index (κ3) is 4.34. The molecule has 0 unspecified atom stereocenters. The largest absolute Gasteiger partial charge is 0.418 e. The average Bonchev–Trinajstić information content (AvgIpc) is 2.23. The van der Waals surface area contributed by atoms with Crippen LogP contribution in [0, 0.1) is 0 Å². The molecule has 17 heavy (non-hydrogen) atoms. The van der Waals surface area contributed by atoms with Gasteiger partial charge in [0.15, 0.2) is 0 Å². The van der Waals surface area contributed by atoms with Gasteiger partial charge in [0.25, 0.3) is 0 Å². The Hall–Kier alpha value is -1.72. The van der Waals surface area contributed by atoms with E-state index in [1.807, 2.05) is 0 Å². The fourth-order valence-corrected chi connectivity index (χ4v) is 1.32. The molecule has 0 aliphatic rings. The second-order valence-electron chi connectivity index (χ2n) is 3.45. The summed E-state index contributed by atoms with van der Waals surface area (Å²) in [5.74, 6) is -0.212. The number of hydrogen-bond donors (Lipinski definition) is 2. The van der Waals surface area contributed by atoms with Crippen molar-refractivity contribution in [1.29, 1.82) is 0 Å². The lowest BCUT2D eigenvalue weighted by atomic mass is 10.1. The van der Waals surface area contributed by atoms with Gasteiger partial charge in [0, 0.05) is 25.7 Å². The summed E-state index contributed by atoms with van der Waals surface area (Å²) in [4.78, 5) is 10.6. The summed E-state index contributed by atoms with van der Waals surface area (Å²) in [7, 11) is 0. The standard InChI is InChI=1S/C11H13F3N2O/c1-8(17)15-6-7-16-10-5-3-2-4-9(10)11(12,13)14/h2-5,16H,6-7H2,1H3,(H,15,17). The maximum atomic E-state index is 12.6. The van der Waals surface area contributed by atoms with Crippen molar-refractivity contribution in [3.8, 4) is 0 Å². The van der Waals surface area contributed by atoms with Crippen LogP contribution in [0.3, 0.4) is 0 Å². The van der Waals surface area contributed by atoms with Crippen molar-refractivity contribution >= 4 is 11.6 Å². The number of carbonyl (C=O) groups is 1. The Morgan fingerprint density at radius 2 is 1.88 bits per heavy atom. The first-order chi connectivity index (χ1) is 7.91. The first kappa shape index (κ1) is 13.3. The van der Waals surface area contributed by atoms with Crippen molar-refractivity contribution < 1.29 is 18.0 Å². The molecule has 0 spiro atoms. The maximum absolute atomic E-state index is 12.6. The Morgan fingerprint density at radius 1 is 1.24 bits per heavy atom. The smallest absolute Gasteiger partial charge is 0.383 e. The molecule has 0 aromatic heterocycles. The van der Waals surface area contributed by atoms with Gasteiger partial charge in [0.05, 0.1) is 5.56 Å². The molecule has 0 bridgehead atoms. The highest BCUT2D eigenvalue weighted by molar-refractivity contribution is 5.72. The van der Waals surface area contributed by atoms with Gasteiger partial charge < -0.3 is 10.6 Å². The van der Waals surface area contributed by atoms with Crippen LogP contribution in [-0.2, 0) is 11.0 Å². The Labute approximate surface area is 97.0 Å².